The molecule has 2 N–H and O–H groups in total. The second-order valence-electron chi connectivity index (χ2n) is 4.80. The summed E-state index contributed by atoms with van der Waals surface area (Å²) in [5.41, 5.74) is 1.21. The molecule has 2 rings (SSSR count). The molecule has 126 valence electrons. The smallest absolute Gasteiger partial charge is 0.191 e. The quantitative estimate of drug-likeness (QED) is 0.402. The number of para-hydroxylation sites is 1. The van der Waals surface area contributed by atoms with Gasteiger partial charge in [-0.05, 0) is 41.4 Å². The van der Waals surface area contributed by atoms with E-state index in [0.29, 0.717) is 19.0 Å². The minimum atomic E-state index is -0.352. The number of benzene rings is 1. The Morgan fingerprint density at radius 3 is 2.74 bits per heavy atom. The van der Waals surface area contributed by atoms with Crippen LogP contribution in [0.15, 0.2) is 46.1 Å². The molecule has 1 heterocycles. The van der Waals surface area contributed by atoms with Gasteiger partial charge in [0.15, 0.2) is 17.5 Å². The molecule has 1 aromatic carbocycles. The van der Waals surface area contributed by atoms with E-state index in [2.05, 4.69) is 27.1 Å². The van der Waals surface area contributed by atoms with Crippen LogP contribution in [0.2, 0.25) is 0 Å². The number of ether oxygens (including phenoxy) is 1. The van der Waals surface area contributed by atoms with Gasteiger partial charge in [-0.25, -0.2) is 4.39 Å². The fraction of sp³-hybridized carbons (Fsp3) is 0.312. The van der Waals surface area contributed by atoms with Crippen molar-refractivity contribution in [2.75, 3.05) is 13.6 Å². The second-order valence-corrected chi connectivity index (χ2v) is 5.58. The van der Waals surface area contributed by atoms with Crippen LogP contribution in [0.3, 0.4) is 0 Å². The van der Waals surface area contributed by atoms with Crippen LogP contribution in [-0.4, -0.2) is 25.7 Å². The molecular formula is C16H21FIN3OS. The van der Waals surface area contributed by atoms with Crippen LogP contribution in [0.5, 0.6) is 5.75 Å². The van der Waals surface area contributed by atoms with Crippen molar-refractivity contribution in [1.82, 2.24) is 10.6 Å². The number of guanidine groups is 1. The lowest BCUT2D eigenvalue weighted by Gasteiger charge is -2.18. The van der Waals surface area contributed by atoms with Crippen molar-refractivity contribution in [2.24, 2.45) is 4.99 Å². The first-order valence-corrected chi connectivity index (χ1v) is 8.00. The zero-order chi connectivity index (χ0) is 15.8. The number of hydrogen-bond acceptors (Lipinski definition) is 3. The van der Waals surface area contributed by atoms with Crippen LogP contribution in [-0.2, 0) is 6.54 Å². The number of nitrogens with one attached hydrogen (secondary N) is 2. The first-order chi connectivity index (χ1) is 10.7. The minimum Gasteiger partial charge on any atom is -0.486 e. The van der Waals surface area contributed by atoms with E-state index in [1.165, 1.54) is 11.6 Å². The molecule has 0 saturated heterocycles. The molecule has 0 radical (unpaired) electrons. The number of hydrogen-bond donors (Lipinski definition) is 2. The Hall–Kier alpha value is -1.35. The largest absolute Gasteiger partial charge is 0.486 e. The van der Waals surface area contributed by atoms with Gasteiger partial charge in [-0.3, -0.25) is 4.99 Å². The van der Waals surface area contributed by atoms with Gasteiger partial charge in [-0.1, -0.05) is 12.1 Å². The molecule has 7 heteroatoms. The van der Waals surface area contributed by atoms with E-state index in [1.807, 2.05) is 12.3 Å². The zero-order valence-electron chi connectivity index (χ0n) is 13.1. The molecule has 0 fully saturated rings. The monoisotopic (exact) mass is 449 g/mol. The number of rotatable bonds is 6. The first kappa shape index (κ1) is 19.7. The highest BCUT2D eigenvalue weighted by molar-refractivity contribution is 14.0. The lowest BCUT2D eigenvalue weighted by molar-refractivity contribution is 0.214. The van der Waals surface area contributed by atoms with Crippen molar-refractivity contribution >= 4 is 41.3 Å². The van der Waals surface area contributed by atoms with Crippen LogP contribution < -0.4 is 15.4 Å². The molecule has 4 nitrogen and oxygen atoms in total. The fourth-order valence-corrected chi connectivity index (χ4v) is 2.51. The Kier molecular flexibility index (Phi) is 8.93. The third-order valence-corrected chi connectivity index (χ3v) is 3.72. The summed E-state index contributed by atoms with van der Waals surface area (Å²) in [7, 11) is 1.71. The van der Waals surface area contributed by atoms with Gasteiger partial charge in [0.25, 0.3) is 0 Å². The standard InChI is InChI=1S/C16H20FN3OS.HI/c1-12(21-15-6-4-3-5-14(15)17)9-19-16(18-2)20-10-13-7-8-22-11-13;/h3-8,11-12H,9-10H2,1-2H3,(H2,18,19,20);1H. The molecule has 1 atom stereocenters. The Morgan fingerprint density at radius 1 is 1.30 bits per heavy atom. The van der Waals surface area contributed by atoms with Crippen LogP contribution in [0.1, 0.15) is 12.5 Å². The number of nitrogens with zero attached hydrogens (tertiary/aromatic N) is 1. The van der Waals surface area contributed by atoms with Crippen molar-refractivity contribution in [3.8, 4) is 5.75 Å². The number of thiophene rings is 1. The first-order valence-electron chi connectivity index (χ1n) is 7.06. The van der Waals surface area contributed by atoms with Crippen LogP contribution in [0.25, 0.3) is 0 Å². The Balaban J connectivity index is 0.00000264. The SMILES string of the molecule is CN=C(NCc1ccsc1)NCC(C)Oc1ccccc1F.I. The van der Waals surface area contributed by atoms with Crippen molar-refractivity contribution in [3.63, 3.8) is 0 Å². The summed E-state index contributed by atoms with van der Waals surface area (Å²) in [6, 6.07) is 8.46. The van der Waals surface area contributed by atoms with Crippen LogP contribution >= 0.6 is 35.3 Å². The van der Waals surface area contributed by atoms with Crippen molar-refractivity contribution < 1.29 is 9.13 Å². The van der Waals surface area contributed by atoms with E-state index in [9.17, 15) is 4.39 Å². The summed E-state index contributed by atoms with van der Waals surface area (Å²) in [4.78, 5) is 4.15. The summed E-state index contributed by atoms with van der Waals surface area (Å²) in [5.74, 6) is 0.600. The molecule has 0 bridgehead atoms. The molecule has 1 unspecified atom stereocenters. The highest BCUT2D eigenvalue weighted by Crippen LogP contribution is 2.16. The third kappa shape index (κ3) is 6.74. The second kappa shape index (κ2) is 10.4. The summed E-state index contributed by atoms with van der Waals surface area (Å²) >= 11 is 1.66. The normalized spacial score (nSPS) is 12.2. The van der Waals surface area contributed by atoms with E-state index in [-0.39, 0.29) is 41.6 Å². The fourth-order valence-electron chi connectivity index (χ4n) is 1.84. The van der Waals surface area contributed by atoms with Crippen molar-refractivity contribution in [3.05, 3.63) is 52.5 Å². The molecule has 2 aromatic rings. The highest BCUT2D eigenvalue weighted by Gasteiger charge is 2.08. The Labute approximate surface area is 157 Å². The predicted molar refractivity (Wildman–Crippen MR) is 104 cm³/mol. The van der Waals surface area contributed by atoms with Crippen molar-refractivity contribution in [2.45, 2.75) is 19.6 Å². The lowest BCUT2D eigenvalue weighted by Crippen LogP contribution is -2.41. The third-order valence-electron chi connectivity index (χ3n) is 2.99. The van der Waals surface area contributed by atoms with Crippen molar-refractivity contribution in [1.29, 1.82) is 0 Å². The lowest BCUT2D eigenvalue weighted by atomic mass is 10.3. The van der Waals surface area contributed by atoms with Gasteiger partial charge < -0.3 is 15.4 Å². The molecular weight excluding hydrogens is 428 g/mol. The predicted octanol–water partition coefficient (Wildman–Crippen LogP) is 3.64. The average Bonchev–Trinajstić information content (AvgIpc) is 3.03. The molecule has 0 saturated carbocycles. The average molecular weight is 449 g/mol. The van der Waals surface area contributed by atoms with E-state index < -0.39 is 0 Å². The number of aliphatic imine (C=N–C) groups is 1. The van der Waals surface area contributed by atoms with Gasteiger partial charge in [0, 0.05) is 13.6 Å². The summed E-state index contributed by atoms with van der Waals surface area (Å²) < 4.78 is 19.1. The van der Waals surface area contributed by atoms with Gasteiger partial charge in [0.1, 0.15) is 6.10 Å². The van der Waals surface area contributed by atoms with Crippen LogP contribution in [0.4, 0.5) is 4.39 Å². The summed E-state index contributed by atoms with van der Waals surface area (Å²) in [5, 5.41) is 10.5. The molecule has 0 aliphatic rings. The van der Waals surface area contributed by atoms with Gasteiger partial charge in [0.05, 0.1) is 6.54 Å². The van der Waals surface area contributed by atoms with Gasteiger partial charge in [-0.2, -0.15) is 11.3 Å². The Bertz CT molecular complexity index is 607. The number of halogens is 2. The maximum atomic E-state index is 13.5. The topological polar surface area (TPSA) is 45.7 Å². The molecule has 23 heavy (non-hydrogen) atoms. The zero-order valence-corrected chi connectivity index (χ0v) is 16.2. The summed E-state index contributed by atoms with van der Waals surface area (Å²) in [6.07, 6.45) is -0.184. The van der Waals surface area contributed by atoms with Gasteiger partial charge >= 0.3 is 0 Å². The molecule has 0 spiro atoms. The van der Waals surface area contributed by atoms with Crippen LogP contribution in [0, 0.1) is 5.82 Å². The van der Waals surface area contributed by atoms with E-state index in [0.717, 1.165) is 0 Å². The Morgan fingerprint density at radius 2 is 2.09 bits per heavy atom. The molecule has 0 aliphatic heterocycles. The van der Waals surface area contributed by atoms with E-state index in [1.54, 1.807) is 36.6 Å². The maximum Gasteiger partial charge on any atom is 0.191 e. The summed E-state index contributed by atoms with van der Waals surface area (Å²) in [6.45, 7) is 3.12. The molecule has 1 aromatic heterocycles. The minimum absolute atomic E-state index is 0. The van der Waals surface area contributed by atoms with E-state index >= 15 is 0 Å². The molecule has 0 amide bonds. The van der Waals surface area contributed by atoms with Gasteiger partial charge in [-0.15, -0.1) is 24.0 Å². The maximum absolute atomic E-state index is 13.5. The molecule has 0 aliphatic carbocycles. The van der Waals surface area contributed by atoms with E-state index in [4.69, 9.17) is 4.74 Å². The van der Waals surface area contributed by atoms with Gasteiger partial charge in [0.2, 0.25) is 0 Å². The highest BCUT2D eigenvalue weighted by atomic mass is 127.